The average molecular weight is 429 g/mol. The fraction of sp³-hybridized carbons (Fsp3) is 0.600. The zero-order valence-corrected chi connectivity index (χ0v) is 19.0. The third-order valence-electron chi connectivity index (χ3n) is 5.97. The molecule has 0 radical (unpaired) electrons. The minimum absolute atomic E-state index is 0.00635. The monoisotopic (exact) mass is 428 g/mol. The van der Waals surface area contributed by atoms with Gasteiger partial charge in [-0.2, -0.15) is 0 Å². The molecule has 2 aliphatic heterocycles. The van der Waals surface area contributed by atoms with Gasteiger partial charge in [-0.25, -0.2) is 0 Å². The van der Waals surface area contributed by atoms with Crippen molar-refractivity contribution in [2.75, 3.05) is 39.4 Å². The summed E-state index contributed by atoms with van der Waals surface area (Å²) in [6.07, 6.45) is 9.34. The Labute approximate surface area is 186 Å². The fourth-order valence-corrected chi connectivity index (χ4v) is 4.22. The topological polar surface area (TPSA) is 59.1 Å². The number of piperidine rings is 2. The third kappa shape index (κ3) is 6.49. The van der Waals surface area contributed by atoms with Crippen molar-refractivity contribution < 1.29 is 19.1 Å². The summed E-state index contributed by atoms with van der Waals surface area (Å²) in [5.74, 6) is 1.77. The summed E-state index contributed by atoms with van der Waals surface area (Å²) in [5, 5.41) is 0. The molecule has 3 rings (SSSR count). The zero-order chi connectivity index (χ0) is 22.1. The number of nitrogens with zero attached hydrogens (tertiary/aromatic N) is 2. The maximum Gasteiger partial charge on any atom is 0.246 e. The van der Waals surface area contributed by atoms with Gasteiger partial charge in [-0.3, -0.25) is 9.59 Å². The highest BCUT2D eigenvalue weighted by Crippen LogP contribution is 2.29. The third-order valence-corrected chi connectivity index (χ3v) is 5.97. The zero-order valence-electron chi connectivity index (χ0n) is 19.0. The first kappa shape index (κ1) is 23.2. The van der Waals surface area contributed by atoms with Gasteiger partial charge in [0.15, 0.2) is 11.5 Å². The molecule has 0 N–H and O–H groups in total. The average Bonchev–Trinajstić information content (AvgIpc) is 2.82. The molecule has 2 amide bonds. The van der Waals surface area contributed by atoms with Gasteiger partial charge >= 0.3 is 0 Å². The van der Waals surface area contributed by atoms with E-state index in [1.165, 1.54) is 6.42 Å². The lowest BCUT2D eigenvalue weighted by molar-refractivity contribution is -0.140. The second-order valence-corrected chi connectivity index (χ2v) is 8.31. The summed E-state index contributed by atoms with van der Waals surface area (Å²) < 4.78 is 11.4. The molecule has 31 heavy (non-hydrogen) atoms. The van der Waals surface area contributed by atoms with Crippen LogP contribution in [0.1, 0.15) is 57.9 Å². The van der Waals surface area contributed by atoms with Crippen molar-refractivity contribution in [2.45, 2.75) is 52.4 Å². The summed E-state index contributed by atoms with van der Waals surface area (Å²) in [7, 11) is 0. The summed E-state index contributed by atoms with van der Waals surface area (Å²) >= 11 is 0. The van der Waals surface area contributed by atoms with Crippen LogP contribution in [0.25, 0.3) is 6.08 Å². The molecule has 0 atom stereocenters. The van der Waals surface area contributed by atoms with Gasteiger partial charge in [-0.05, 0) is 69.2 Å². The van der Waals surface area contributed by atoms with Crippen LogP contribution in [0.4, 0.5) is 0 Å². The number of amides is 2. The molecule has 170 valence electrons. The van der Waals surface area contributed by atoms with Crippen LogP contribution in [-0.2, 0) is 9.59 Å². The lowest BCUT2D eigenvalue weighted by Crippen LogP contribution is -2.45. The molecule has 1 aromatic carbocycles. The van der Waals surface area contributed by atoms with Gasteiger partial charge in [0.1, 0.15) is 0 Å². The lowest BCUT2D eigenvalue weighted by atomic mass is 9.94. The van der Waals surface area contributed by atoms with E-state index in [0.717, 1.165) is 56.5 Å². The number of ether oxygens (including phenoxy) is 2. The van der Waals surface area contributed by atoms with E-state index in [-0.39, 0.29) is 17.7 Å². The van der Waals surface area contributed by atoms with Crippen molar-refractivity contribution in [1.29, 1.82) is 0 Å². The Balaban J connectivity index is 1.53. The molecule has 2 fully saturated rings. The van der Waals surface area contributed by atoms with E-state index < -0.39 is 0 Å². The Morgan fingerprint density at radius 1 is 0.968 bits per heavy atom. The van der Waals surface area contributed by atoms with Gasteiger partial charge in [-0.15, -0.1) is 0 Å². The summed E-state index contributed by atoms with van der Waals surface area (Å²) in [6.45, 7) is 8.27. The molecule has 1 aromatic rings. The first-order chi connectivity index (χ1) is 15.1. The maximum absolute atomic E-state index is 12.7. The number of benzene rings is 1. The molecule has 0 spiro atoms. The van der Waals surface area contributed by atoms with E-state index in [9.17, 15) is 9.59 Å². The number of rotatable bonds is 8. The van der Waals surface area contributed by atoms with Crippen molar-refractivity contribution >= 4 is 17.9 Å². The Kier molecular flexibility index (Phi) is 8.80. The lowest BCUT2D eigenvalue weighted by Gasteiger charge is -2.35. The van der Waals surface area contributed by atoms with Crippen LogP contribution in [-0.4, -0.2) is 61.0 Å². The largest absolute Gasteiger partial charge is 0.490 e. The molecule has 0 unspecified atom stereocenters. The molecular weight excluding hydrogens is 392 g/mol. The molecule has 6 heteroatoms. The van der Waals surface area contributed by atoms with E-state index in [0.29, 0.717) is 32.1 Å². The van der Waals surface area contributed by atoms with Crippen LogP contribution >= 0.6 is 0 Å². The maximum atomic E-state index is 12.7. The smallest absolute Gasteiger partial charge is 0.246 e. The first-order valence-corrected chi connectivity index (χ1v) is 11.8. The number of carbonyl (C=O) groups is 2. The minimum atomic E-state index is -0.00635. The summed E-state index contributed by atoms with van der Waals surface area (Å²) in [6, 6.07) is 5.73. The van der Waals surface area contributed by atoms with E-state index in [2.05, 4.69) is 6.92 Å². The van der Waals surface area contributed by atoms with E-state index >= 15 is 0 Å². The van der Waals surface area contributed by atoms with Crippen LogP contribution in [0, 0.1) is 5.92 Å². The van der Waals surface area contributed by atoms with Gasteiger partial charge in [0.25, 0.3) is 0 Å². The van der Waals surface area contributed by atoms with Gasteiger partial charge < -0.3 is 19.3 Å². The Bertz CT molecular complexity index is 763. The van der Waals surface area contributed by atoms with Crippen molar-refractivity contribution in [1.82, 2.24) is 9.80 Å². The molecule has 2 saturated heterocycles. The molecule has 0 aliphatic carbocycles. The number of carbonyl (C=O) groups excluding carboxylic acids is 2. The Morgan fingerprint density at radius 2 is 1.71 bits per heavy atom. The van der Waals surface area contributed by atoms with Crippen molar-refractivity contribution in [2.24, 2.45) is 5.92 Å². The van der Waals surface area contributed by atoms with Gasteiger partial charge in [0, 0.05) is 38.2 Å². The molecule has 2 aliphatic rings. The highest BCUT2D eigenvalue weighted by molar-refractivity contribution is 5.92. The standard InChI is InChI=1S/C25H36N2O4/c1-3-18-31-22-10-8-20(19-23(22)30-4-2)9-11-24(28)26-16-12-21(13-17-26)25(29)27-14-6-5-7-15-27/h8-11,19,21H,3-7,12-18H2,1-2H3/b11-9+. The molecule has 0 bridgehead atoms. The number of likely N-dealkylation sites (tertiary alicyclic amines) is 2. The Morgan fingerprint density at radius 3 is 2.39 bits per heavy atom. The van der Waals surface area contributed by atoms with E-state index in [1.54, 1.807) is 6.08 Å². The van der Waals surface area contributed by atoms with E-state index in [1.807, 2.05) is 41.0 Å². The quantitative estimate of drug-likeness (QED) is 0.584. The highest BCUT2D eigenvalue weighted by atomic mass is 16.5. The van der Waals surface area contributed by atoms with Crippen LogP contribution in [0.2, 0.25) is 0 Å². The van der Waals surface area contributed by atoms with Crippen molar-refractivity contribution in [3.63, 3.8) is 0 Å². The van der Waals surface area contributed by atoms with Gasteiger partial charge in [0.05, 0.1) is 13.2 Å². The van der Waals surface area contributed by atoms with Gasteiger partial charge in [0.2, 0.25) is 11.8 Å². The highest BCUT2D eigenvalue weighted by Gasteiger charge is 2.30. The molecule has 2 heterocycles. The molecule has 0 aromatic heterocycles. The predicted molar refractivity (Wildman–Crippen MR) is 122 cm³/mol. The van der Waals surface area contributed by atoms with Crippen molar-refractivity contribution in [3.8, 4) is 11.5 Å². The van der Waals surface area contributed by atoms with Crippen LogP contribution in [0.3, 0.4) is 0 Å². The summed E-state index contributed by atoms with van der Waals surface area (Å²) in [4.78, 5) is 29.2. The minimum Gasteiger partial charge on any atom is -0.490 e. The van der Waals surface area contributed by atoms with Crippen LogP contribution in [0.15, 0.2) is 24.3 Å². The second-order valence-electron chi connectivity index (χ2n) is 8.31. The predicted octanol–water partition coefficient (Wildman–Crippen LogP) is 4.14. The van der Waals surface area contributed by atoms with Crippen molar-refractivity contribution in [3.05, 3.63) is 29.8 Å². The molecule has 6 nitrogen and oxygen atoms in total. The Hall–Kier alpha value is -2.50. The van der Waals surface area contributed by atoms with Crippen LogP contribution < -0.4 is 9.47 Å². The summed E-state index contributed by atoms with van der Waals surface area (Å²) in [5.41, 5.74) is 0.899. The first-order valence-electron chi connectivity index (χ1n) is 11.8. The van der Waals surface area contributed by atoms with Gasteiger partial charge in [-0.1, -0.05) is 13.0 Å². The number of hydrogen-bond donors (Lipinski definition) is 0. The SMILES string of the molecule is CCCOc1ccc(/C=C/C(=O)N2CCC(C(=O)N3CCCCC3)CC2)cc1OCC. The normalized spacial score (nSPS) is 17.7. The number of hydrogen-bond acceptors (Lipinski definition) is 4. The second kappa shape index (κ2) is 11.8. The van der Waals surface area contributed by atoms with Crippen LogP contribution in [0.5, 0.6) is 11.5 Å². The molecule has 0 saturated carbocycles. The molecular formula is C25H36N2O4. The van der Waals surface area contributed by atoms with E-state index in [4.69, 9.17) is 9.47 Å². The fourth-order valence-electron chi connectivity index (χ4n) is 4.22.